The second-order valence-corrected chi connectivity index (χ2v) is 5.43. The first-order chi connectivity index (χ1) is 9.13. The molecular formula is C15H23FN2O. The van der Waals surface area contributed by atoms with Crippen LogP contribution in [0.25, 0.3) is 0 Å². The van der Waals surface area contributed by atoms with Gasteiger partial charge in [-0.3, -0.25) is 4.90 Å². The molecule has 0 radical (unpaired) electrons. The van der Waals surface area contributed by atoms with Crippen LogP contribution in [-0.4, -0.2) is 31.1 Å². The van der Waals surface area contributed by atoms with Crippen LogP contribution in [-0.2, 0) is 6.54 Å². The van der Waals surface area contributed by atoms with Crippen molar-refractivity contribution in [2.24, 2.45) is 5.73 Å². The predicted octanol–water partition coefficient (Wildman–Crippen LogP) is 2.54. The van der Waals surface area contributed by atoms with E-state index in [1.807, 2.05) is 19.2 Å². The summed E-state index contributed by atoms with van der Waals surface area (Å²) in [6.45, 7) is 1.20. The Morgan fingerprint density at radius 3 is 2.63 bits per heavy atom. The average Bonchev–Trinajstić information content (AvgIpc) is 2.91. The maximum absolute atomic E-state index is 14.2. The summed E-state index contributed by atoms with van der Waals surface area (Å²) in [7, 11) is 3.53. The monoisotopic (exact) mass is 266 g/mol. The molecule has 0 saturated heterocycles. The van der Waals surface area contributed by atoms with E-state index in [0.29, 0.717) is 24.4 Å². The van der Waals surface area contributed by atoms with Crippen LogP contribution < -0.4 is 10.5 Å². The van der Waals surface area contributed by atoms with E-state index in [1.165, 1.54) is 20.0 Å². The molecule has 0 aromatic heterocycles. The van der Waals surface area contributed by atoms with E-state index in [9.17, 15) is 4.39 Å². The van der Waals surface area contributed by atoms with E-state index in [4.69, 9.17) is 10.5 Å². The molecule has 2 rings (SSSR count). The van der Waals surface area contributed by atoms with E-state index < -0.39 is 0 Å². The zero-order valence-corrected chi connectivity index (χ0v) is 11.8. The summed E-state index contributed by atoms with van der Waals surface area (Å²) < 4.78 is 19.2. The number of rotatable bonds is 5. The minimum atomic E-state index is -0.262. The van der Waals surface area contributed by atoms with Crippen molar-refractivity contribution in [3.05, 3.63) is 29.6 Å². The standard InChI is InChI=1S/C15H23FN2O/c1-18(15(11-17)8-3-4-9-15)10-12-6-5-7-13(19-2)14(12)16/h5-7H,3-4,8-11,17H2,1-2H3. The molecule has 0 atom stereocenters. The van der Waals surface area contributed by atoms with Crippen LogP contribution in [0.4, 0.5) is 4.39 Å². The molecule has 3 nitrogen and oxygen atoms in total. The number of hydrogen-bond donors (Lipinski definition) is 1. The van der Waals surface area contributed by atoms with Crippen molar-refractivity contribution >= 4 is 0 Å². The minimum absolute atomic E-state index is 0.0372. The Morgan fingerprint density at radius 1 is 1.37 bits per heavy atom. The fourth-order valence-corrected chi connectivity index (χ4v) is 3.03. The Hall–Kier alpha value is -1.13. The van der Waals surface area contributed by atoms with E-state index >= 15 is 0 Å². The third-order valence-corrected chi connectivity index (χ3v) is 4.39. The van der Waals surface area contributed by atoms with Crippen LogP contribution in [0.5, 0.6) is 5.75 Å². The van der Waals surface area contributed by atoms with Gasteiger partial charge >= 0.3 is 0 Å². The van der Waals surface area contributed by atoms with Gasteiger partial charge in [0.05, 0.1) is 7.11 Å². The molecule has 1 aliphatic carbocycles. The molecule has 4 heteroatoms. The van der Waals surface area contributed by atoms with Crippen molar-refractivity contribution in [2.45, 2.75) is 37.8 Å². The second-order valence-electron chi connectivity index (χ2n) is 5.43. The molecule has 2 N–H and O–H groups in total. The van der Waals surface area contributed by atoms with Crippen LogP contribution in [0, 0.1) is 5.82 Å². The van der Waals surface area contributed by atoms with Crippen LogP contribution in [0.2, 0.25) is 0 Å². The molecule has 0 unspecified atom stereocenters. The molecule has 0 aliphatic heterocycles. The number of likely N-dealkylation sites (N-methyl/N-ethyl adjacent to an activating group) is 1. The molecule has 1 saturated carbocycles. The highest BCUT2D eigenvalue weighted by Crippen LogP contribution is 2.35. The third kappa shape index (κ3) is 2.74. The lowest BCUT2D eigenvalue weighted by Gasteiger charge is -2.38. The Labute approximate surface area is 114 Å². The van der Waals surface area contributed by atoms with E-state index in [0.717, 1.165) is 12.8 Å². The molecule has 1 fully saturated rings. The zero-order valence-electron chi connectivity index (χ0n) is 11.8. The predicted molar refractivity (Wildman–Crippen MR) is 74.7 cm³/mol. The quantitative estimate of drug-likeness (QED) is 0.890. The Balaban J connectivity index is 2.16. The fourth-order valence-electron chi connectivity index (χ4n) is 3.03. The Morgan fingerprint density at radius 2 is 2.05 bits per heavy atom. The number of nitrogens with two attached hydrogens (primary N) is 1. The molecule has 1 aliphatic rings. The molecule has 1 aromatic carbocycles. The third-order valence-electron chi connectivity index (χ3n) is 4.39. The molecule has 19 heavy (non-hydrogen) atoms. The van der Waals surface area contributed by atoms with Gasteiger partial charge in [-0.15, -0.1) is 0 Å². The van der Waals surface area contributed by atoms with Crippen molar-refractivity contribution in [3.63, 3.8) is 0 Å². The lowest BCUT2D eigenvalue weighted by atomic mass is 9.95. The summed E-state index contributed by atoms with van der Waals surface area (Å²) >= 11 is 0. The largest absolute Gasteiger partial charge is 0.494 e. The Kier molecular flexibility index (Phi) is 4.42. The lowest BCUT2D eigenvalue weighted by Crippen LogP contribution is -2.49. The molecule has 0 amide bonds. The first-order valence-corrected chi connectivity index (χ1v) is 6.85. The molecular weight excluding hydrogens is 243 g/mol. The van der Waals surface area contributed by atoms with Gasteiger partial charge in [-0.05, 0) is 26.0 Å². The fraction of sp³-hybridized carbons (Fsp3) is 0.600. The number of methoxy groups -OCH3 is 1. The van der Waals surface area contributed by atoms with Gasteiger partial charge in [0.25, 0.3) is 0 Å². The maximum atomic E-state index is 14.2. The highest BCUT2D eigenvalue weighted by molar-refractivity contribution is 5.31. The Bertz CT molecular complexity index is 430. The van der Waals surface area contributed by atoms with Crippen LogP contribution in [0.1, 0.15) is 31.2 Å². The summed E-state index contributed by atoms with van der Waals surface area (Å²) in [5, 5.41) is 0. The smallest absolute Gasteiger partial charge is 0.169 e. The normalized spacial score (nSPS) is 17.9. The van der Waals surface area contributed by atoms with Crippen molar-refractivity contribution in [1.29, 1.82) is 0 Å². The second kappa shape index (κ2) is 5.88. The van der Waals surface area contributed by atoms with E-state index in [2.05, 4.69) is 4.90 Å². The topological polar surface area (TPSA) is 38.5 Å². The summed E-state index contributed by atoms with van der Waals surface area (Å²) in [6, 6.07) is 5.29. The molecule has 0 heterocycles. The van der Waals surface area contributed by atoms with Crippen molar-refractivity contribution in [3.8, 4) is 5.75 Å². The van der Waals surface area contributed by atoms with Gasteiger partial charge in [-0.1, -0.05) is 25.0 Å². The van der Waals surface area contributed by atoms with Crippen LogP contribution in [0.15, 0.2) is 18.2 Å². The SMILES string of the molecule is COc1cccc(CN(C)C2(CN)CCCC2)c1F. The highest BCUT2D eigenvalue weighted by atomic mass is 19.1. The van der Waals surface area contributed by atoms with Gasteiger partial charge in [0.1, 0.15) is 0 Å². The number of ether oxygens (including phenoxy) is 1. The number of benzene rings is 1. The minimum Gasteiger partial charge on any atom is -0.494 e. The van der Waals surface area contributed by atoms with E-state index in [-0.39, 0.29) is 11.4 Å². The first kappa shape index (κ1) is 14.3. The van der Waals surface area contributed by atoms with Gasteiger partial charge in [0, 0.05) is 24.2 Å². The van der Waals surface area contributed by atoms with E-state index in [1.54, 1.807) is 6.07 Å². The highest BCUT2D eigenvalue weighted by Gasteiger charge is 2.36. The summed E-state index contributed by atoms with van der Waals surface area (Å²) in [5.74, 6) is 0.0427. The van der Waals surface area contributed by atoms with Gasteiger partial charge in [-0.25, -0.2) is 4.39 Å². The van der Waals surface area contributed by atoms with Crippen molar-refractivity contribution in [2.75, 3.05) is 20.7 Å². The summed E-state index contributed by atoms with van der Waals surface area (Å²) in [5.41, 5.74) is 6.66. The number of nitrogens with zero attached hydrogens (tertiary/aromatic N) is 1. The molecule has 0 spiro atoms. The number of hydrogen-bond acceptors (Lipinski definition) is 3. The van der Waals surface area contributed by atoms with Gasteiger partial charge in [0.15, 0.2) is 11.6 Å². The molecule has 106 valence electrons. The summed E-state index contributed by atoms with van der Waals surface area (Å²) in [6.07, 6.45) is 4.63. The summed E-state index contributed by atoms with van der Waals surface area (Å²) in [4.78, 5) is 2.21. The van der Waals surface area contributed by atoms with Crippen molar-refractivity contribution < 1.29 is 9.13 Å². The zero-order chi connectivity index (χ0) is 13.9. The molecule has 0 bridgehead atoms. The lowest BCUT2D eigenvalue weighted by molar-refractivity contribution is 0.122. The average molecular weight is 266 g/mol. The van der Waals surface area contributed by atoms with Gasteiger partial charge in [-0.2, -0.15) is 0 Å². The van der Waals surface area contributed by atoms with Crippen LogP contribution >= 0.6 is 0 Å². The molecule has 1 aromatic rings. The van der Waals surface area contributed by atoms with Crippen LogP contribution in [0.3, 0.4) is 0 Å². The first-order valence-electron chi connectivity index (χ1n) is 6.85. The van der Waals surface area contributed by atoms with Crippen molar-refractivity contribution in [1.82, 2.24) is 4.90 Å². The maximum Gasteiger partial charge on any atom is 0.169 e. The van der Waals surface area contributed by atoms with Gasteiger partial charge < -0.3 is 10.5 Å². The van der Waals surface area contributed by atoms with Gasteiger partial charge in [0.2, 0.25) is 0 Å². The number of halogens is 1.